The van der Waals surface area contributed by atoms with Crippen LogP contribution in [-0.4, -0.2) is 23.1 Å². The van der Waals surface area contributed by atoms with Crippen LogP contribution in [-0.2, 0) is 18.9 Å². The van der Waals surface area contributed by atoms with Crippen LogP contribution in [0.25, 0.3) is 0 Å². The lowest BCUT2D eigenvalue weighted by Gasteiger charge is -2.62. The second kappa shape index (κ2) is 6.13. The first-order valence-corrected chi connectivity index (χ1v) is 8.77. The highest BCUT2D eigenvalue weighted by molar-refractivity contribution is 7.96. The zero-order valence-electron chi connectivity index (χ0n) is 13.1. The van der Waals surface area contributed by atoms with E-state index in [0.717, 1.165) is 25.7 Å². The number of ether oxygens (including phenoxy) is 1. The predicted octanol–water partition coefficient (Wildman–Crippen LogP) is 4.19. The van der Waals surface area contributed by atoms with Crippen molar-refractivity contribution in [3.63, 3.8) is 0 Å². The summed E-state index contributed by atoms with van der Waals surface area (Å²) in [5.74, 6) is -0.382. The topological polar surface area (TPSA) is 65.0 Å². The summed E-state index contributed by atoms with van der Waals surface area (Å²) in [7, 11) is 0. The summed E-state index contributed by atoms with van der Waals surface area (Å²) >= 11 is -0.573. The molecule has 0 amide bonds. The summed E-state index contributed by atoms with van der Waals surface area (Å²) in [6, 6.07) is 0. The molecule has 0 aromatic heterocycles. The fourth-order valence-corrected chi connectivity index (χ4v) is 5.87. The Morgan fingerprint density at radius 1 is 1.26 bits per heavy atom. The molecule has 0 heterocycles. The van der Waals surface area contributed by atoms with E-state index in [9.17, 15) is 13.6 Å². The molecule has 0 aromatic rings. The predicted molar refractivity (Wildman–Crippen MR) is 78.1 cm³/mol. The van der Waals surface area contributed by atoms with Gasteiger partial charge in [-0.3, -0.25) is 0 Å². The maximum atomic E-state index is 13.5. The van der Waals surface area contributed by atoms with Crippen molar-refractivity contribution in [3.8, 4) is 0 Å². The molecular weight excluding hydrogens is 330 g/mol. The Morgan fingerprint density at radius 3 is 2.43 bits per heavy atom. The number of carbonyl (C=O) groups excluding carboxylic acids is 1. The van der Waals surface area contributed by atoms with Gasteiger partial charge in [-0.15, -0.1) is 4.33 Å². The molecule has 2 atom stereocenters. The van der Waals surface area contributed by atoms with Crippen molar-refractivity contribution in [3.05, 3.63) is 0 Å². The molecule has 0 spiro atoms. The third-order valence-electron chi connectivity index (χ3n) is 5.97. The molecule has 1 N–H and O–H groups in total. The van der Waals surface area contributed by atoms with Gasteiger partial charge in [-0.1, -0.05) is 18.4 Å². The Labute approximate surface area is 138 Å². The monoisotopic (exact) mass is 352 g/mol. The minimum Gasteiger partial charge on any atom is -0.460 e. The number of halogens is 2. The summed E-state index contributed by atoms with van der Waals surface area (Å²) in [6.07, 6.45) is 7.67. The smallest absolute Gasteiger partial charge is 0.415 e. The molecule has 0 aromatic carbocycles. The standard InChI is InChI=1S/C15H22F2O5S/c1-2-13-4-10-3-11(5-13)7-14(6-10,8-13)9-20-12(18)15(16,17)23-22-21-19/h10-11,19H,2-9H2,1H3. The van der Waals surface area contributed by atoms with Crippen molar-refractivity contribution >= 4 is 18.0 Å². The minimum atomic E-state index is -3.91. The van der Waals surface area contributed by atoms with Crippen molar-refractivity contribution in [2.45, 2.75) is 57.1 Å². The van der Waals surface area contributed by atoms with Crippen LogP contribution in [0.4, 0.5) is 8.78 Å². The van der Waals surface area contributed by atoms with E-state index in [1.807, 2.05) is 0 Å². The van der Waals surface area contributed by atoms with Crippen molar-refractivity contribution in [1.82, 2.24) is 0 Å². The molecule has 4 aliphatic rings. The van der Waals surface area contributed by atoms with Crippen LogP contribution < -0.4 is 0 Å². The van der Waals surface area contributed by atoms with Crippen LogP contribution in [0.1, 0.15) is 51.9 Å². The molecule has 4 saturated carbocycles. The van der Waals surface area contributed by atoms with Crippen LogP contribution in [0, 0.1) is 22.7 Å². The summed E-state index contributed by atoms with van der Waals surface area (Å²) in [6.45, 7) is 2.24. The van der Waals surface area contributed by atoms with Crippen molar-refractivity contribution < 1.29 is 32.9 Å². The number of hydrogen-bond donors (Lipinski definition) is 1. The molecule has 23 heavy (non-hydrogen) atoms. The number of esters is 1. The molecule has 4 rings (SSSR count). The molecule has 0 radical (unpaired) electrons. The van der Waals surface area contributed by atoms with Gasteiger partial charge in [-0.05, 0) is 55.8 Å². The van der Waals surface area contributed by atoms with Gasteiger partial charge in [0, 0.05) is 5.41 Å². The van der Waals surface area contributed by atoms with E-state index in [1.54, 1.807) is 0 Å². The molecule has 2 unspecified atom stereocenters. The lowest BCUT2D eigenvalue weighted by molar-refractivity contribution is -0.433. The average Bonchev–Trinajstić information content (AvgIpc) is 2.49. The van der Waals surface area contributed by atoms with E-state index in [1.165, 1.54) is 19.3 Å². The van der Waals surface area contributed by atoms with Gasteiger partial charge in [-0.25, -0.2) is 10.1 Å². The largest absolute Gasteiger partial charge is 0.460 e. The Balaban J connectivity index is 1.63. The van der Waals surface area contributed by atoms with E-state index in [0.29, 0.717) is 17.3 Å². The molecule has 8 heteroatoms. The van der Waals surface area contributed by atoms with Gasteiger partial charge in [0.05, 0.1) is 6.61 Å². The highest BCUT2D eigenvalue weighted by Gasteiger charge is 2.57. The van der Waals surface area contributed by atoms with Crippen LogP contribution in [0.2, 0.25) is 0 Å². The van der Waals surface area contributed by atoms with Crippen LogP contribution in [0.15, 0.2) is 0 Å². The zero-order chi connectivity index (χ0) is 16.7. The fraction of sp³-hybridized carbons (Fsp3) is 0.933. The first-order chi connectivity index (χ1) is 10.8. The minimum absolute atomic E-state index is 0.0384. The molecule has 0 saturated heterocycles. The number of carbonyl (C=O) groups is 1. The second-order valence-corrected chi connectivity index (χ2v) is 8.45. The third-order valence-corrected chi connectivity index (χ3v) is 6.47. The zero-order valence-corrected chi connectivity index (χ0v) is 13.9. The Hall–Kier alpha value is -0.440. The van der Waals surface area contributed by atoms with Gasteiger partial charge in [0.2, 0.25) is 0 Å². The highest BCUT2D eigenvalue weighted by Crippen LogP contribution is 2.66. The lowest BCUT2D eigenvalue weighted by Crippen LogP contribution is -2.53. The van der Waals surface area contributed by atoms with Gasteiger partial charge in [0.1, 0.15) is 12.0 Å². The first kappa shape index (κ1) is 17.4. The van der Waals surface area contributed by atoms with E-state index >= 15 is 0 Å². The SMILES string of the molecule is CCC12CC3CC(C1)CC(COC(=O)C(F)(F)SOOO)(C3)C2. The molecule has 0 aliphatic heterocycles. The molecule has 4 aliphatic carbocycles. The molecule has 5 nitrogen and oxygen atoms in total. The normalized spacial score (nSPS) is 38.8. The van der Waals surface area contributed by atoms with Crippen molar-refractivity contribution in [1.29, 1.82) is 0 Å². The number of alkyl halides is 2. The molecule has 4 fully saturated rings. The Morgan fingerprint density at radius 2 is 1.87 bits per heavy atom. The van der Waals surface area contributed by atoms with Gasteiger partial charge < -0.3 is 4.74 Å². The van der Waals surface area contributed by atoms with Gasteiger partial charge in [-0.2, -0.15) is 8.78 Å². The van der Waals surface area contributed by atoms with Gasteiger partial charge in [0.25, 0.3) is 0 Å². The molecule has 132 valence electrons. The Kier molecular flexibility index (Phi) is 4.63. The number of rotatable bonds is 7. The van der Waals surface area contributed by atoms with E-state index in [-0.39, 0.29) is 12.0 Å². The second-order valence-electron chi connectivity index (χ2n) is 7.63. The average molecular weight is 352 g/mol. The number of hydrogen-bond acceptors (Lipinski definition) is 6. The fourth-order valence-electron chi connectivity index (χ4n) is 5.63. The summed E-state index contributed by atoms with van der Waals surface area (Å²) in [5, 5.41) is 7.12. The first-order valence-electron chi connectivity index (χ1n) is 8.03. The van der Waals surface area contributed by atoms with Gasteiger partial charge >= 0.3 is 11.2 Å². The Bertz CT molecular complexity index is 459. The maximum absolute atomic E-state index is 13.5. The van der Waals surface area contributed by atoms with Crippen LogP contribution in [0.5, 0.6) is 0 Å². The highest BCUT2D eigenvalue weighted by atomic mass is 32.2. The summed E-state index contributed by atoms with van der Waals surface area (Å²) in [4.78, 5) is 11.6. The van der Waals surface area contributed by atoms with E-state index < -0.39 is 23.3 Å². The van der Waals surface area contributed by atoms with Crippen molar-refractivity contribution in [2.75, 3.05) is 6.61 Å². The molecule has 4 bridgehead atoms. The summed E-state index contributed by atoms with van der Waals surface area (Å²) < 4.78 is 35.6. The van der Waals surface area contributed by atoms with Gasteiger partial charge in [0.15, 0.2) is 0 Å². The lowest BCUT2D eigenvalue weighted by atomic mass is 9.44. The van der Waals surface area contributed by atoms with E-state index in [4.69, 9.17) is 9.99 Å². The van der Waals surface area contributed by atoms with E-state index in [2.05, 4.69) is 16.3 Å². The summed E-state index contributed by atoms with van der Waals surface area (Å²) in [5.41, 5.74) is 0.159. The third kappa shape index (κ3) is 3.36. The van der Waals surface area contributed by atoms with Crippen molar-refractivity contribution in [2.24, 2.45) is 22.7 Å². The molecular formula is C15H22F2O5S. The quantitative estimate of drug-likeness (QED) is 0.321. The van der Waals surface area contributed by atoms with Crippen LogP contribution in [0.3, 0.4) is 0 Å². The maximum Gasteiger partial charge on any atom is 0.415 e. The van der Waals surface area contributed by atoms with Crippen LogP contribution >= 0.6 is 12.0 Å².